The van der Waals surface area contributed by atoms with E-state index in [1.807, 2.05) is 0 Å². The third kappa shape index (κ3) is 7.23. The molecule has 0 atom stereocenters. The second-order valence-electron chi connectivity index (χ2n) is 6.92. The number of allylic oxidation sites excluding steroid dienone is 5. The maximum atomic E-state index is 14.0. The predicted molar refractivity (Wildman–Crippen MR) is 111 cm³/mol. The van der Waals surface area contributed by atoms with Crippen LogP contribution in [0, 0.1) is 0 Å². The van der Waals surface area contributed by atoms with Crippen LogP contribution in [0.25, 0.3) is 0 Å². The molecule has 1 N–H and O–H groups in total. The van der Waals surface area contributed by atoms with Crippen LogP contribution in [0.1, 0.15) is 53.9 Å². The Labute approximate surface area is 176 Å². The Balaban J connectivity index is 2.91. The lowest BCUT2D eigenvalue weighted by atomic mass is 9.98. The third-order valence-electron chi connectivity index (χ3n) is 4.75. The molecule has 1 aliphatic carbocycles. The van der Waals surface area contributed by atoms with E-state index < -0.39 is 11.9 Å². The van der Waals surface area contributed by atoms with Gasteiger partial charge in [0.05, 0.1) is 13.2 Å². The van der Waals surface area contributed by atoms with Gasteiger partial charge in [0, 0.05) is 46.9 Å². The van der Waals surface area contributed by atoms with Crippen molar-refractivity contribution in [2.45, 2.75) is 59.8 Å². The van der Waals surface area contributed by atoms with E-state index in [-0.39, 0.29) is 60.7 Å². The van der Waals surface area contributed by atoms with E-state index in [1.54, 1.807) is 13.8 Å². The smallest absolute Gasteiger partial charge is 0.306 e. The lowest BCUT2D eigenvalue weighted by Gasteiger charge is -2.17. The summed E-state index contributed by atoms with van der Waals surface area (Å²) >= 11 is 0. The zero-order valence-corrected chi connectivity index (χ0v) is 18.2. The van der Waals surface area contributed by atoms with Crippen LogP contribution >= 0.6 is 0 Å². The van der Waals surface area contributed by atoms with Crippen LogP contribution in [-0.4, -0.2) is 36.6 Å². The number of hydrogen-bond donors (Lipinski definition) is 1. The molecule has 0 aromatic rings. The molecule has 1 aliphatic rings. The fourth-order valence-corrected chi connectivity index (χ4v) is 2.88. The number of ether oxygens (including phenoxy) is 1. The Kier molecular flexibility index (Phi) is 9.60. The van der Waals surface area contributed by atoms with Gasteiger partial charge in [-0.15, -0.1) is 5.73 Å². The molecule has 0 amide bonds. The highest BCUT2D eigenvalue weighted by atomic mass is 19.3. The quantitative estimate of drug-likeness (QED) is 0.305. The number of carbonyl (C=O) groups is 3. The topological polar surface area (TPSA) is 72.5 Å². The summed E-state index contributed by atoms with van der Waals surface area (Å²) in [5.74, 6) is -4.00. The lowest BCUT2D eigenvalue weighted by Crippen LogP contribution is -2.24. The average molecular weight is 421 g/mol. The number of esters is 1. The Hall–Kier alpha value is -2.79. The molecule has 164 valence electrons. The van der Waals surface area contributed by atoms with E-state index in [2.05, 4.69) is 11.0 Å². The highest BCUT2D eigenvalue weighted by Crippen LogP contribution is 2.33. The lowest BCUT2D eigenvalue weighted by molar-refractivity contribution is -0.143. The Morgan fingerprint density at radius 2 is 1.80 bits per heavy atom. The fraction of sp³-hybridized carbons (Fsp3) is 0.478. The molecule has 0 aliphatic heterocycles. The molecule has 1 rings (SSSR count). The highest BCUT2D eigenvalue weighted by molar-refractivity contribution is 6.06. The van der Waals surface area contributed by atoms with Crippen molar-refractivity contribution in [1.82, 2.24) is 5.32 Å². The van der Waals surface area contributed by atoms with Gasteiger partial charge < -0.3 is 10.1 Å². The van der Waals surface area contributed by atoms with E-state index in [9.17, 15) is 23.2 Å². The van der Waals surface area contributed by atoms with Gasteiger partial charge in [-0.05, 0) is 40.2 Å². The summed E-state index contributed by atoms with van der Waals surface area (Å²) in [5, 5.41) is 2.89. The van der Waals surface area contributed by atoms with E-state index in [1.165, 1.54) is 39.0 Å². The van der Waals surface area contributed by atoms with E-state index >= 15 is 0 Å². The van der Waals surface area contributed by atoms with E-state index in [0.29, 0.717) is 11.3 Å². The van der Waals surface area contributed by atoms with Gasteiger partial charge in [-0.3, -0.25) is 14.4 Å². The van der Waals surface area contributed by atoms with Crippen molar-refractivity contribution in [3.63, 3.8) is 0 Å². The SMILES string of the molecule is CCOC(=O)CC/C(C(C)=O)=C(\C)C(=O)CNC1=CC=C(C(F)(F)CC)C(C)=C=C1. The van der Waals surface area contributed by atoms with Crippen molar-refractivity contribution < 1.29 is 27.9 Å². The minimum Gasteiger partial charge on any atom is -0.466 e. The van der Waals surface area contributed by atoms with Gasteiger partial charge >= 0.3 is 5.97 Å². The number of rotatable bonds is 11. The third-order valence-corrected chi connectivity index (χ3v) is 4.75. The van der Waals surface area contributed by atoms with E-state index in [0.717, 1.165) is 0 Å². The fourth-order valence-electron chi connectivity index (χ4n) is 2.88. The number of halogens is 2. The number of Topliss-reactive ketones (excluding diaryl/α,β-unsaturated/α-hetero) is 2. The minimum atomic E-state index is -2.96. The molecule has 0 saturated carbocycles. The first-order valence-electron chi connectivity index (χ1n) is 9.90. The molecule has 30 heavy (non-hydrogen) atoms. The zero-order valence-electron chi connectivity index (χ0n) is 18.2. The normalized spacial score (nSPS) is 14.7. The summed E-state index contributed by atoms with van der Waals surface area (Å²) in [5.41, 5.74) is 4.02. The molecular weight excluding hydrogens is 392 g/mol. The zero-order chi connectivity index (χ0) is 22.9. The first kappa shape index (κ1) is 25.2. The van der Waals surface area contributed by atoms with Gasteiger partial charge in [0.2, 0.25) is 0 Å². The van der Waals surface area contributed by atoms with Crippen LogP contribution < -0.4 is 5.32 Å². The molecule has 7 heteroatoms. The first-order chi connectivity index (χ1) is 14.0. The summed E-state index contributed by atoms with van der Waals surface area (Å²) in [6, 6.07) is 0. The Bertz CT molecular complexity index is 856. The number of hydrogen-bond acceptors (Lipinski definition) is 5. The molecule has 0 fully saturated rings. The molecule has 0 heterocycles. The summed E-state index contributed by atoms with van der Waals surface area (Å²) in [6.07, 6.45) is 4.11. The second-order valence-corrected chi connectivity index (χ2v) is 6.92. The molecule has 5 nitrogen and oxygen atoms in total. The molecule has 0 saturated heterocycles. The Morgan fingerprint density at radius 1 is 1.13 bits per heavy atom. The van der Waals surface area contributed by atoms with Gasteiger partial charge in [0.1, 0.15) is 0 Å². The molecule has 0 unspecified atom stereocenters. The van der Waals surface area contributed by atoms with Crippen LogP contribution in [0.15, 0.2) is 51.9 Å². The van der Waals surface area contributed by atoms with Crippen molar-refractivity contribution in [2.75, 3.05) is 13.2 Å². The number of carbonyl (C=O) groups excluding carboxylic acids is 3. The maximum absolute atomic E-state index is 14.0. The summed E-state index contributed by atoms with van der Waals surface area (Å²) < 4.78 is 32.9. The van der Waals surface area contributed by atoms with Crippen molar-refractivity contribution in [2.24, 2.45) is 0 Å². The van der Waals surface area contributed by atoms with Crippen LogP contribution in [-0.2, 0) is 19.1 Å². The van der Waals surface area contributed by atoms with Crippen LogP contribution in [0.4, 0.5) is 8.78 Å². The highest BCUT2D eigenvalue weighted by Gasteiger charge is 2.32. The minimum absolute atomic E-state index is 0.0119. The standard InChI is InChI=1S/C23H29F2NO4/c1-6-23(24,25)20-12-10-18(9-8-15(20)3)26-14-21(28)16(4)19(17(5)27)11-13-22(29)30-7-2/h9-10,12,26H,6-7,11,13-14H2,1-5H3/b19-16-. The number of ketones is 2. The van der Waals surface area contributed by atoms with Crippen molar-refractivity contribution in [1.29, 1.82) is 0 Å². The van der Waals surface area contributed by atoms with Crippen molar-refractivity contribution >= 4 is 17.5 Å². The second kappa shape index (κ2) is 11.4. The molecule has 0 radical (unpaired) electrons. The van der Waals surface area contributed by atoms with E-state index in [4.69, 9.17) is 4.74 Å². The number of alkyl halides is 2. The molecule has 0 spiro atoms. The van der Waals surface area contributed by atoms with Crippen molar-refractivity contribution in [3.8, 4) is 0 Å². The van der Waals surface area contributed by atoms with Gasteiger partial charge in [0.25, 0.3) is 5.92 Å². The van der Waals surface area contributed by atoms with Crippen molar-refractivity contribution in [3.05, 3.63) is 51.9 Å². The van der Waals surface area contributed by atoms with Gasteiger partial charge in [0.15, 0.2) is 11.6 Å². The molecule has 0 aromatic heterocycles. The Morgan fingerprint density at radius 3 is 2.37 bits per heavy atom. The van der Waals surface area contributed by atoms with Crippen LogP contribution in [0.5, 0.6) is 0 Å². The van der Waals surface area contributed by atoms with Gasteiger partial charge in [-0.25, -0.2) is 8.78 Å². The van der Waals surface area contributed by atoms with Crippen LogP contribution in [0.2, 0.25) is 0 Å². The number of nitrogens with one attached hydrogen (secondary N) is 1. The summed E-state index contributed by atoms with van der Waals surface area (Å²) in [4.78, 5) is 36.0. The molecular formula is C23H29F2NO4. The molecule has 0 bridgehead atoms. The van der Waals surface area contributed by atoms with Gasteiger partial charge in [-0.2, -0.15) is 0 Å². The molecule has 0 aromatic carbocycles. The largest absolute Gasteiger partial charge is 0.466 e. The predicted octanol–water partition coefficient (Wildman–Crippen LogP) is 4.36. The van der Waals surface area contributed by atoms with Crippen LogP contribution in [0.3, 0.4) is 0 Å². The summed E-state index contributed by atoms with van der Waals surface area (Å²) in [6.45, 7) is 7.66. The monoisotopic (exact) mass is 421 g/mol. The maximum Gasteiger partial charge on any atom is 0.306 e. The summed E-state index contributed by atoms with van der Waals surface area (Å²) in [7, 11) is 0. The van der Waals surface area contributed by atoms with Gasteiger partial charge in [-0.1, -0.05) is 13.0 Å². The average Bonchev–Trinajstić information content (AvgIpc) is 2.87. The first-order valence-corrected chi connectivity index (χ1v) is 9.90.